The molecule has 1 aromatic heterocycles. The number of carbonyl (C=O) groups excluding carboxylic acids is 5. The molecule has 2 saturated heterocycles. The van der Waals surface area contributed by atoms with Gasteiger partial charge >= 0.3 is 12.2 Å². The second-order valence-corrected chi connectivity index (χ2v) is 13.9. The van der Waals surface area contributed by atoms with Gasteiger partial charge in [0.25, 0.3) is 0 Å². The SMILES string of the molecule is CO[C@@]12[C@H](CC(N)=O)C3=C(C(=O)C(C)=C(NC(=O)OCCSSCCOC(=O)Nc4cccnc4/C=N/NC(N)=S)C3=O)N1C[C@@H]1N[C@@H]12. The number of Topliss-reactive ketones (excluding diaryl/α,β-unsaturated/α-hetero) is 2. The molecule has 1 aromatic rings. The Morgan fingerprint density at radius 1 is 1.17 bits per heavy atom. The number of hydrogen-bond donors (Lipinski definition) is 6. The second kappa shape index (κ2) is 14.9. The van der Waals surface area contributed by atoms with Crippen molar-refractivity contribution in [3.63, 3.8) is 0 Å². The first-order valence-corrected chi connectivity index (χ1v) is 17.5. The van der Waals surface area contributed by atoms with Crippen molar-refractivity contribution in [1.29, 1.82) is 0 Å². The van der Waals surface area contributed by atoms with Crippen molar-refractivity contribution in [3.8, 4) is 0 Å². The topological polar surface area (TPSA) is 252 Å². The number of nitrogens with one attached hydrogen (secondary N) is 4. The van der Waals surface area contributed by atoms with Crippen LogP contribution in [0, 0.1) is 5.92 Å². The molecule has 48 heavy (non-hydrogen) atoms. The number of primary amides is 1. The van der Waals surface area contributed by atoms with Crippen LogP contribution in [0.25, 0.3) is 0 Å². The summed E-state index contributed by atoms with van der Waals surface area (Å²) in [4.78, 5) is 70.0. The number of rotatable bonds is 14. The molecule has 3 amide bonds. The van der Waals surface area contributed by atoms with Gasteiger partial charge in [-0.05, 0) is 31.3 Å². The molecule has 2 fully saturated rings. The van der Waals surface area contributed by atoms with Gasteiger partial charge in [-0.3, -0.25) is 35.4 Å². The van der Waals surface area contributed by atoms with Crippen LogP contribution in [0.1, 0.15) is 19.0 Å². The Labute approximate surface area is 287 Å². The first-order chi connectivity index (χ1) is 23.0. The Morgan fingerprint density at radius 2 is 1.85 bits per heavy atom. The fraction of sp³-hybridized carbons (Fsp3) is 0.429. The lowest BCUT2D eigenvalue weighted by Crippen LogP contribution is -2.54. The fourth-order valence-electron chi connectivity index (χ4n) is 6.04. The molecule has 0 radical (unpaired) electrons. The van der Waals surface area contributed by atoms with Gasteiger partial charge in [-0.15, -0.1) is 0 Å². The summed E-state index contributed by atoms with van der Waals surface area (Å²) in [6, 6.07) is 3.15. The molecule has 3 aliphatic heterocycles. The highest BCUT2D eigenvalue weighted by atomic mass is 33.1. The Kier molecular flexibility index (Phi) is 10.9. The predicted molar refractivity (Wildman–Crippen MR) is 180 cm³/mol. The number of hydrazone groups is 1. The summed E-state index contributed by atoms with van der Waals surface area (Å²) in [5, 5.41) is 12.1. The first kappa shape index (κ1) is 35.1. The summed E-state index contributed by atoms with van der Waals surface area (Å²) in [6.07, 6.45) is 1.07. The maximum atomic E-state index is 13.7. The van der Waals surface area contributed by atoms with Crippen molar-refractivity contribution in [2.45, 2.75) is 31.2 Å². The number of amides is 3. The lowest BCUT2D eigenvalue weighted by Gasteiger charge is -2.39. The fourth-order valence-corrected chi connectivity index (χ4v) is 7.75. The highest BCUT2D eigenvalue weighted by Gasteiger charge is 2.72. The summed E-state index contributed by atoms with van der Waals surface area (Å²) < 4.78 is 16.3. The lowest BCUT2D eigenvalue weighted by atomic mass is 9.80. The molecule has 1 aliphatic carbocycles. The maximum absolute atomic E-state index is 13.7. The van der Waals surface area contributed by atoms with Crippen molar-refractivity contribution in [2.24, 2.45) is 22.5 Å². The van der Waals surface area contributed by atoms with Crippen LogP contribution in [0.2, 0.25) is 0 Å². The summed E-state index contributed by atoms with van der Waals surface area (Å²) in [6.45, 7) is 2.00. The van der Waals surface area contributed by atoms with Gasteiger partial charge in [-0.2, -0.15) is 5.10 Å². The van der Waals surface area contributed by atoms with E-state index in [0.29, 0.717) is 29.4 Å². The molecule has 0 aromatic carbocycles. The molecule has 4 aliphatic rings. The van der Waals surface area contributed by atoms with Gasteiger partial charge < -0.3 is 35.9 Å². The van der Waals surface area contributed by atoms with Crippen LogP contribution in [0.4, 0.5) is 15.3 Å². The molecule has 256 valence electrons. The van der Waals surface area contributed by atoms with Gasteiger partial charge in [0.15, 0.2) is 10.8 Å². The van der Waals surface area contributed by atoms with E-state index in [9.17, 15) is 24.0 Å². The van der Waals surface area contributed by atoms with Crippen LogP contribution in [0.3, 0.4) is 0 Å². The van der Waals surface area contributed by atoms with Gasteiger partial charge in [0, 0.05) is 60.9 Å². The Morgan fingerprint density at radius 3 is 2.50 bits per heavy atom. The molecular weight excluding hydrogens is 687 g/mol. The quantitative estimate of drug-likeness (QED) is 0.0283. The molecule has 0 spiro atoms. The first-order valence-electron chi connectivity index (χ1n) is 14.6. The third-order valence-corrected chi connectivity index (χ3v) is 10.4. The molecule has 20 heteroatoms. The highest BCUT2D eigenvalue weighted by Crippen LogP contribution is 2.56. The zero-order valence-corrected chi connectivity index (χ0v) is 28.2. The van der Waals surface area contributed by atoms with Gasteiger partial charge in [-0.25, -0.2) is 9.59 Å². The number of pyridine rings is 1. The summed E-state index contributed by atoms with van der Waals surface area (Å²) in [5.41, 5.74) is 13.1. The van der Waals surface area contributed by atoms with Crippen LogP contribution in [-0.2, 0) is 28.6 Å². The molecular formula is C28H33N9O8S3. The Hall–Kier alpha value is -4.24. The lowest BCUT2D eigenvalue weighted by molar-refractivity contribution is -0.138. The van der Waals surface area contributed by atoms with E-state index in [4.69, 9.17) is 25.7 Å². The van der Waals surface area contributed by atoms with Gasteiger partial charge in [0.05, 0.1) is 29.3 Å². The van der Waals surface area contributed by atoms with Crippen molar-refractivity contribution in [3.05, 3.63) is 46.6 Å². The number of fused-ring (bicyclic) bond motifs is 4. The van der Waals surface area contributed by atoms with E-state index in [1.807, 2.05) is 0 Å². The van der Waals surface area contributed by atoms with E-state index in [1.165, 1.54) is 48.0 Å². The third kappa shape index (κ3) is 7.11. The van der Waals surface area contributed by atoms with E-state index in [0.717, 1.165) is 0 Å². The second-order valence-electron chi connectivity index (χ2n) is 10.8. The summed E-state index contributed by atoms with van der Waals surface area (Å²) in [7, 11) is 4.25. The minimum Gasteiger partial charge on any atom is -0.448 e. The van der Waals surface area contributed by atoms with E-state index < -0.39 is 41.3 Å². The average Bonchev–Trinajstić information content (AvgIpc) is 3.66. The smallest absolute Gasteiger partial charge is 0.411 e. The predicted octanol–water partition coefficient (Wildman–Crippen LogP) is 0.0886. The molecule has 0 unspecified atom stereocenters. The zero-order valence-electron chi connectivity index (χ0n) is 25.8. The molecule has 4 atom stereocenters. The Balaban J connectivity index is 1.04. The van der Waals surface area contributed by atoms with Gasteiger partial charge in [-0.1, -0.05) is 21.6 Å². The van der Waals surface area contributed by atoms with Crippen molar-refractivity contribution >= 4 is 80.5 Å². The average molecular weight is 720 g/mol. The Bertz CT molecular complexity index is 1640. The number of aromatic nitrogens is 1. The standard InChI is InChI=1S/C28H33N9O8S3/c1-13-20(23(40)19-14(10-18(29)38)28(43-2)24-17(33-24)12-37(28)21(19)22(13)39)35-27(42)45-7-9-48-47-8-6-44-26(41)34-15-4-3-5-31-16(15)11-32-36-25(30)46/h3-5,11,14,17,24,33H,6-10,12H2,1-2H3,(H2,29,38)(H,34,41)(H,35,42)(H3,30,36,46)/b32-11+/t14-,17+,24+,28-/m1/s1. The third-order valence-electron chi connectivity index (χ3n) is 7.99. The number of methoxy groups -OCH3 is 1. The number of piperazine rings is 1. The van der Waals surface area contributed by atoms with E-state index in [2.05, 4.69) is 43.7 Å². The monoisotopic (exact) mass is 719 g/mol. The van der Waals surface area contributed by atoms with Crippen molar-refractivity contribution in [1.82, 2.24) is 25.9 Å². The molecule has 0 bridgehead atoms. The highest BCUT2D eigenvalue weighted by molar-refractivity contribution is 8.76. The van der Waals surface area contributed by atoms with E-state index >= 15 is 0 Å². The van der Waals surface area contributed by atoms with E-state index in [1.54, 1.807) is 17.0 Å². The van der Waals surface area contributed by atoms with Gasteiger partial charge in [0.2, 0.25) is 17.5 Å². The number of ether oxygens (including phenoxy) is 3. The number of hydrogen-bond acceptors (Lipinski definition) is 15. The minimum atomic E-state index is -1.11. The molecule has 5 rings (SSSR count). The largest absolute Gasteiger partial charge is 0.448 e. The number of thiocarbonyl (C=S) groups is 1. The van der Waals surface area contributed by atoms with E-state index in [-0.39, 0.29) is 59.4 Å². The molecule has 4 heterocycles. The number of nitrogens with two attached hydrogens (primary N) is 2. The number of anilines is 1. The summed E-state index contributed by atoms with van der Waals surface area (Å²) in [5.74, 6) is -1.61. The maximum Gasteiger partial charge on any atom is 0.411 e. The summed E-state index contributed by atoms with van der Waals surface area (Å²) >= 11 is 4.68. The normalized spacial score (nSPS) is 23.9. The molecule has 0 saturated carbocycles. The van der Waals surface area contributed by atoms with Crippen molar-refractivity contribution < 1.29 is 38.2 Å². The van der Waals surface area contributed by atoms with Crippen LogP contribution >= 0.6 is 33.8 Å². The molecule has 17 nitrogen and oxygen atoms in total. The minimum absolute atomic E-state index is 0.00191. The number of allylic oxidation sites excluding steroid dienone is 2. The number of nitrogens with zero attached hydrogens (tertiary/aromatic N) is 3. The number of alkyl carbamates (subject to hydrolysis) is 1. The number of ketones is 2. The zero-order chi connectivity index (χ0) is 34.6. The number of carbonyl (C=O) groups is 5. The van der Waals surface area contributed by atoms with Crippen LogP contribution in [0.15, 0.2) is 46.0 Å². The van der Waals surface area contributed by atoms with Crippen molar-refractivity contribution in [2.75, 3.05) is 43.7 Å². The van der Waals surface area contributed by atoms with Crippen LogP contribution in [-0.4, -0.2) is 107 Å². The van der Waals surface area contributed by atoms with Crippen LogP contribution in [0.5, 0.6) is 0 Å². The van der Waals surface area contributed by atoms with Gasteiger partial charge in [0.1, 0.15) is 18.9 Å². The molecule has 8 N–H and O–H groups in total. The van der Waals surface area contributed by atoms with Crippen LogP contribution < -0.4 is 32.8 Å².